The number of fused-ring (bicyclic) bond motifs is 1. The molecule has 1 aromatic carbocycles. The normalized spacial score (nSPS) is 21.9. The highest BCUT2D eigenvalue weighted by molar-refractivity contribution is 5.81. The molecule has 0 saturated carbocycles. The zero-order valence-electron chi connectivity index (χ0n) is 7.99. The van der Waals surface area contributed by atoms with Gasteiger partial charge >= 0.3 is 0 Å². The smallest absolute Gasteiger partial charge is 0.134 e. The van der Waals surface area contributed by atoms with E-state index in [1.807, 2.05) is 18.4 Å². The highest BCUT2D eigenvalue weighted by Crippen LogP contribution is 2.30. The van der Waals surface area contributed by atoms with Crippen LogP contribution in [-0.4, -0.2) is 6.54 Å². The van der Waals surface area contributed by atoms with Crippen LogP contribution < -0.4 is 5.32 Å². The lowest BCUT2D eigenvalue weighted by Crippen LogP contribution is -2.12. The van der Waals surface area contributed by atoms with Gasteiger partial charge in [-0.2, -0.15) is 0 Å². The minimum atomic E-state index is 0.499. The van der Waals surface area contributed by atoms with Crippen molar-refractivity contribution in [3.63, 3.8) is 0 Å². The Bertz CT molecular complexity index is 440. The van der Waals surface area contributed by atoms with Crippen LogP contribution in [0.1, 0.15) is 24.4 Å². The van der Waals surface area contributed by atoms with E-state index in [0.717, 1.165) is 12.1 Å². The van der Waals surface area contributed by atoms with Crippen LogP contribution in [0.3, 0.4) is 0 Å². The van der Waals surface area contributed by atoms with E-state index in [4.69, 9.17) is 4.42 Å². The average Bonchev–Trinajstić information content (AvgIpc) is 2.85. The highest BCUT2D eigenvalue weighted by atomic mass is 16.3. The largest absolute Gasteiger partial charge is 0.464 e. The first kappa shape index (κ1) is 8.06. The number of para-hydroxylation sites is 1. The maximum Gasteiger partial charge on any atom is 0.134 e. The second kappa shape index (κ2) is 3.14. The van der Waals surface area contributed by atoms with E-state index in [0.29, 0.717) is 6.04 Å². The molecule has 1 fully saturated rings. The molecule has 1 saturated heterocycles. The molecule has 0 unspecified atom stereocenters. The van der Waals surface area contributed by atoms with Gasteiger partial charge in [0.05, 0.1) is 6.26 Å². The van der Waals surface area contributed by atoms with Gasteiger partial charge in [-0.1, -0.05) is 18.2 Å². The topological polar surface area (TPSA) is 25.2 Å². The summed E-state index contributed by atoms with van der Waals surface area (Å²) in [5, 5.41) is 4.75. The molecular formula is C12H13NO. The number of hydrogen-bond acceptors (Lipinski definition) is 2. The summed E-state index contributed by atoms with van der Waals surface area (Å²) in [5.74, 6) is 0. The molecule has 0 bridgehead atoms. The van der Waals surface area contributed by atoms with Crippen molar-refractivity contribution < 1.29 is 4.42 Å². The summed E-state index contributed by atoms with van der Waals surface area (Å²) in [5.41, 5.74) is 2.31. The van der Waals surface area contributed by atoms with Crippen molar-refractivity contribution >= 4 is 11.0 Å². The van der Waals surface area contributed by atoms with E-state index in [1.165, 1.54) is 23.8 Å². The zero-order chi connectivity index (χ0) is 9.38. The first-order chi connectivity index (χ1) is 6.95. The Hall–Kier alpha value is -1.28. The molecule has 1 aliphatic heterocycles. The van der Waals surface area contributed by atoms with Crippen LogP contribution >= 0.6 is 0 Å². The van der Waals surface area contributed by atoms with Crippen LogP contribution in [0.25, 0.3) is 11.0 Å². The van der Waals surface area contributed by atoms with Crippen molar-refractivity contribution in [1.29, 1.82) is 0 Å². The van der Waals surface area contributed by atoms with E-state index in [2.05, 4.69) is 17.4 Å². The van der Waals surface area contributed by atoms with E-state index < -0.39 is 0 Å². The summed E-state index contributed by atoms with van der Waals surface area (Å²) >= 11 is 0. The molecule has 2 nitrogen and oxygen atoms in total. The molecule has 0 amide bonds. The third kappa shape index (κ3) is 1.15. The summed E-state index contributed by atoms with van der Waals surface area (Å²) in [6, 6.07) is 8.73. The molecule has 0 aliphatic carbocycles. The first-order valence-corrected chi connectivity index (χ1v) is 5.15. The van der Waals surface area contributed by atoms with Crippen LogP contribution in [0.2, 0.25) is 0 Å². The minimum absolute atomic E-state index is 0.499. The highest BCUT2D eigenvalue weighted by Gasteiger charge is 2.19. The van der Waals surface area contributed by atoms with Gasteiger partial charge in [0.1, 0.15) is 5.58 Å². The van der Waals surface area contributed by atoms with Gasteiger partial charge in [-0.15, -0.1) is 0 Å². The summed E-state index contributed by atoms with van der Waals surface area (Å²) < 4.78 is 5.52. The molecule has 2 heterocycles. The predicted octanol–water partition coefficient (Wildman–Crippen LogP) is 2.86. The zero-order valence-corrected chi connectivity index (χ0v) is 7.99. The first-order valence-electron chi connectivity index (χ1n) is 5.15. The van der Waals surface area contributed by atoms with Crippen LogP contribution in [0.5, 0.6) is 0 Å². The summed E-state index contributed by atoms with van der Waals surface area (Å²) in [6.07, 6.45) is 4.39. The van der Waals surface area contributed by atoms with E-state index >= 15 is 0 Å². The standard InChI is InChI=1S/C12H13NO/c1-2-6-12-9(4-1)10(8-14-12)11-5-3-7-13-11/h1-2,4,6,8,11,13H,3,5,7H2/t11-/m1/s1. The van der Waals surface area contributed by atoms with Crippen molar-refractivity contribution in [1.82, 2.24) is 5.32 Å². The Kier molecular flexibility index (Phi) is 1.81. The lowest BCUT2D eigenvalue weighted by Gasteiger charge is -2.06. The van der Waals surface area contributed by atoms with Crippen LogP contribution in [-0.2, 0) is 0 Å². The number of rotatable bonds is 1. The fourth-order valence-corrected chi connectivity index (χ4v) is 2.22. The third-order valence-corrected chi connectivity index (χ3v) is 2.95. The maximum absolute atomic E-state index is 5.52. The van der Waals surface area contributed by atoms with Gasteiger partial charge < -0.3 is 9.73 Å². The molecule has 1 atom stereocenters. The number of hydrogen-bond donors (Lipinski definition) is 1. The average molecular weight is 187 g/mol. The summed E-state index contributed by atoms with van der Waals surface area (Å²) in [4.78, 5) is 0. The van der Waals surface area contributed by atoms with E-state index in [1.54, 1.807) is 0 Å². The predicted molar refractivity (Wildman–Crippen MR) is 56.2 cm³/mol. The van der Waals surface area contributed by atoms with Gasteiger partial charge in [0.25, 0.3) is 0 Å². The van der Waals surface area contributed by atoms with Crippen molar-refractivity contribution in [3.8, 4) is 0 Å². The number of nitrogens with one attached hydrogen (secondary N) is 1. The third-order valence-electron chi connectivity index (χ3n) is 2.95. The van der Waals surface area contributed by atoms with Crippen LogP contribution in [0, 0.1) is 0 Å². The molecule has 1 aliphatic rings. The van der Waals surface area contributed by atoms with Crippen molar-refractivity contribution in [2.24, 2.45) is 0 Å². The van der Waals surface area contributed by atoms with Crippen molar-refractivity contribution in [2.75, 3.05) is 6.54 Å². The molecule has 2 aromatic rings. The molecule has 14 heavy (non-hydrogen) atoms. The summed E-state index contributed by atoms with van der Waals surface area (Å²) in [6.45, 7) is 1.13. The Morgan fingerprint density at radius 3 is 3.07 bits per heavy atom. The monoisotopic (exact) mass is 187 g/mol. The Labute approximate surface area is 82.9 Å². The number of benzene rings is 1. The Morgan fingerprint density at radius 1 is 1.29 bits per heavy atom. The van der Waals surface area contributed by atoms with Gasteiger partial charge in [0.2, 0.25) is 0 Å². The number of furan rings is 1. The molecule has 0 spiro atoms. The molecule has 3 rings (SSSR count). The minimum Gasteiger partial charge on any atom is -0.464 e. The second-order valence-electron chi connectivity index (χ2n) is 3.84. The molecule has 1 aromatic heterocycles. The lowest BCUT2D eigenvalue weighted by atomic mass is 10.0. The quantitative estimate of drug-likeness (QED) is 0.742. The summed E-state index contributed by atoms with van der Waals surface area (Å²) in [7, 11) is 0. The van der Waals surface area contributed by atoms with Crippen LogP contribution in [0.4, 0.5) is 0 Å². The molecule has 0 radical (unpaired) electrons. The Balaban J connectivity index is 2.11. The fraction of sp³-hybridized carbons (Fsp3) is 0.333. The lowest BCUT2D eigenvalue weighted by molar-refractivity contribution is 0.586. The fourth-order valence-electron chi connectivity index (χ4n) is 2.22. The van der Waals surface area contributed by atoms with Gasteiger partial charge in [-0.25, -0.2) is 0 Å². The molecule has 2 heteroatoms. The SMILES string of the molecule is c1ccc2c([C@H]3CCCN3)coc2c1. The second-order valence-corrected chi connectivity index (χ2v) is 3.84. The Morgan fingerprint density at radius 2 is 2.21 bits per heavy atom. The van der Waals surface area contributed by atoms with Crippen LogP contribution in [0.15, 0.2) is 34.9 Å². The van der Waals surface area contributed by atoms with Gasteiger partial charge in [-0.3, -0.25) is 0 Å². The van der Waals surface area contributed by atoms with Gasteiger partial charge in [0.15, 0.2) is 0 Å². The van der Waals surface area contributed by atoms with Crippen molar-refractivity contribution in [3.05, 3.63) is 36.1 Å². The maximum atomic E-state index is 5.52. The van der Waals surface area contributed by atoms with Gasteiger partial charge in [0, 0.05) is 17.0 Å². The molecule has 72 valence electrons. The molecular weight excluding hydrogens is 174 g/mol. The van der Waals surface area contributed by atoms with Gasteiger partial charge in [-0.05, 0) is 25.5 Å². The van der Waals surface area contributed by atoms with Crippen molar-refractivity contribution in [2.45, 2.75) is 18.9 Å². The molecule has 1 N–H and O–H groups in total. The van der Waals surface area contributed by atoms with E-state index in [-0.39, 0.29) is 0 Å². The van der Waals surface area contributed by atoms with E-state index in [9.17, 15) is 0 Å².